The number of para-hydroxylation sites is 1. The largest absolute Gasteiger partial charge is 0.389 e. The second-order valence-electron chi connectivity index (χ2n) is 4.91. The summed E-state index contributed by atoms with van der Waals surface area (Å²) in [6.07, 6.45) is -0.658. The van der Waals surface area contributed by atoms with E-state index in [4.69, 9.17) is 9.47 Å². The van der Waals surface area contributed by atoms with E-state index >= 15 is 0 Å². The van der Waals surface area contributed by atoms with Crippen LogP contribution in [0.25, 0.3) is 0 Å². The lowest BCUT2D eigenvalue weighted by Gasteiger charge is -2.25. The van der Waals surface area contributed by atoms with Gasteiger partial charge in [0.1, 0.15) is 5.82 Å². The minimum Gasteiger partial charge on any atom is -0.389 e. The molecule has 5 nitrogen and oxygen atoms in total. The van der Waals surface area contributed by atoms with Crippen molar-refractivity contribution < 1.29 is 19.0 Å². The van der Waals surface area contributed by atoms with Crippen molar-refractivity contribution in [1.82, 2.24) is 5.32 Å². The number of hydrogen-bond acceptors (Lipinski definition) is 5. The van der Waals surface area contributed by atoms with Gasteiger partial charge in [-0.2, -0.15) is 0 Å². The Bertz CT molecular complexity index is 418. The zero-order valence-corrected chi connectivity index (χ0v) is 12.9. The van der Waals surface area contributed by atoms with Crippen LogP contribution in [0, 0.1) is 5.82 Å². The molecule has 0 fully saturated rings. The van der Waals surface area contributed by atoms with Gasteiger partial charge >= 0.3 is 0 Å². The first-order valence-corrected chi connectivity index (χ1v) is 6.95. The van der Waals surface area contributed by atoms with Crippen LogP contribution in [0.1, 0.15) is 5.56 Å². The van der Waals surface area contributed by atoms with E-state index in [1.807, 2.05) is 6.07 Å². The van der Waals surface area contributed by atoms with Crippen molar-refractivity contribution in [2.75, 3.05) is 52.5 Å². The summed E-state index contributed by atoms with van der Waals surface area (Å²) in [4.78, 5) is 1.71. The predicted molar refractivity (Wildman–Crippen MR) is 81.1 cm³/mol. The van der Waals surface area contributed by atoms with E-state index in [1.54, 1.807) is 25.1 Å². The van der Waals surface area contributed by atoms with Gasteiger partial charge in [-0.3, -0.25) is 0 Å². The van der Waals surface area contributed by atoms with Crippen LogP contribution in [0.4, 0.5) is 10.1 Å². The first-order chi connectivity index (χ1) is 10.1. The zero-order valence-electron chi connectivity index (χ0n) is 12.9. The van der Waals surface area contributed by atoms with Crippen LogP contribution in [0.3, 0.4) is 0 Å². The van der Waals surface area contributed by atoms with E-state index in [-0.39, 0.29) is 12.4 Å². The van der Waals surface area contributed by atoms with Crippen LogP contribution < -0.4 is 10.2 Å². The predicted octanol–water partition coefficient (Wildman–Crippen LogP) is 1.01. The highest BCUT2D eigenvalue weighted by molar-refractivity contribution is 5.54. The number of hydrogen-bond donors (Lipinski definition) is 2. The van der Waals surface area contributed by atoms with E-state index < -0.39 is 6.10 Å². The van der Waals surface area contributed by atoms with Gasteiger partial charge in [-0.05, 0) is 11.6 Å². The molecule has 2 N–H and O–H groups in total. The Morgan fingerprint density at radius 3 is 2.76 bits per heavy atom. The van der Waals surface area contributed by atoms with E-state index in [1.165, 1.54) is 13.2 Å². The number of ether oxygens (including phenoxy) is 2. The average molecular weight is 300 g/mol. The lowest BCUT2D eigenvalue weighted by atomic mass is 10.1. The number of anilines is 1. The summed E-state index contributed by atoms with van der Waals surface area (Å²) in [6, 6.07) is 4.98. The Morgan fingerprint density at radius 1 is 1.33 bits per heavy atom. The van der Waals surface area contributed by atoms with Crippen LogP contribution >= 0.6 is 0 Å². The lowest BCUT2D eigenvalue weighted by Crippen LogP contribution is -2.33. The fourth-order valence-corrected chi connectivity index (χ4v) is 2.18. The van der Waals surface area contributed by atoms with Gasteiger partial charge in [0, 0.05) is 40.9 Å². The monoisotopic (exact) mass is 300 g/mol. The average Bonchev–Trinajstić information content (AvgIpc) is 2.43. The van der Waals surface area contributed by atoms with Gasteiger partial charge < -0.3 is 24.8 Å². The third-order valence-electron chi connectivity index (χ3n) is 3.09. The molecule has 1 aromatic rings. The van der Waals surface area contributed by atoms with Gasteiger partial charge in [0.25, 0.3) is 0 Å². The van der Waals surface area contributed by atoms with Crippen molar-refractivity contribution >= 4 is 5.69 Å². The minimum atomic E-state index is -0.658. The van der Waals surface area contributed by atoms with Gasteiger partial charge in [0.05, 0.1) is 25.0 Å². The van der Waals surface area contributed by atoms with Crippen molar-refractivity contribution in [3.05, 3.63) is 29.6 Å². The summed E-state index contributed by atoms with van der Waals surface area (Å²) >= 11 is 0. The second kappa shape index (κ2) is 9.68. The van der Waals surface area contributed by atoms with Crippen LogP contribution in [-0.2, 0) is 16.0 Å². The van der Waals surface area contributed by atoms with Gasteiger partial charge in [-0.25, -0.2) is 4.39 Å². The summed E-state index contributed by atoms with van der Waals surface area (Å²) in [6.45, 7) is 2.37. The highest BCUT2D eigenvalue weighted by Gasteiger charge is 2.15. The number of likely N-dealkylation sites (N-methyl/N-ethyl adjacent to an activating group) is 1. The zero-order chi connectivity index (χ0) is 15.7. The first-order valence-electron chi connectivity index (χ1n) is 6.95. The molecule has 1 unspecified atom stereocenters. The van der Waals surface area contributed by atoms with Crippen LogP contribution in [-0.4, -0.2) is 58.8 Å². The highest BCUT2D eigenvalue weighted by Crippen LogP contribution is 2.23. The number of benzene rings is 1. The molecule has 0 heterocycles. The third kappa shape index (κ3) is 5.97. The maximum absolute atomic E-state index is 14.1. The number of rotatable bonds is 10. The summed E-state index contributed by atoms with van der Waals surface area (Å²) in [5.74, 6) is -0.298. The molecule has 6 heteroatoms. The smallest absolute Gasteiger partial charge is 0.146 e. The van der Waals surface area contributed by atoms with E-state index in [0.717, 1.165) is 5.56 Å². The van der Waals surface area contributed by atoms with Gasteiger partial charge in [-0.15, -0.1) is 0 Å². The molecule has 1 rings (SSSR count). The Balaban J connectivity index is 2.74. The van der Waals surface area contributed by atoms with Crippen molar-refractivity contribution in [1.29, 1.82) is 0 Å². The molecule has 120 valence electrons. The van der Waals surface area contributed by atoms with E-state index in [0.29, 0.717) is 31.9 Å². The van der Waals surface area contributed by atoms with E-state index in [2.05, 4.69) is 5.32 Å². The number of nitrogens with one attached hydrogen (secondary N) is 1. The Labute approximate surface area is 125 Å². The van der Waals surface area contributed by atoms with Crippen LogP contribution in [0.5, 0.6) is 0 Å². The second-order valence-corrected chi connectivity index (χ2v) is 4.91. The number of nitrogens with zero attached hydrogens (tertiary/aromatic N) is 1. The Kier molecular flexibility index (Phi) is 8.22. The third-order valence-corrected chi connectivity index (χ3v) is 3.09. The van der Waals surface area contributed by atoms with Gasteiger partial charge in [0.2, 0.25) is 0 Å². The van der Waals surface area contributed by atoms with Crippen LogP contribution in [0.2, 0.25) is 0 Å². The van der Waals surface area contributed by atoms with Gasteiger partial charge in [0.15, 0.2) is 0 Å². The quantitative estimate of drug-likeness (QED) is 0.632. The van der Waals surface area contributed by atoms with Gasteiger partial charge in [-0.1, -0.05) is 12.1 Å². The molecule has 0 aliphatic heterocycles. The SMILES string of the molecule is COCCNCc1cccc(F)c1N(C)CC(O)COC. The molecule has 1 atom stereocenters. The molecule has 0 aliphatic carbocycles. The first kappa shape index (κ1) is 17.8. The summed E-state index contributed by atoms with van der Waals surface area (Å²) in [5.41, 5.74) is 1.34. The van der Waals surface area contributed by atoms with Crippen molar-refractivity contribution in [2.24, 2.45) is 0 Å². The Morgan fingerprint density at radius 2 is 2.10 bits per heavy atom. The topological polar surface area (TPSA) is 54.0 Å². The normalized spacial score (nSPS) is 12.4. The standard InChI is InChI=1S/C15H25FN2O3/c1-18(10-13(19)11-21-3)15-12(5-4-6-14(15)16)9-17-7-8-20-2/h4-6,13,17,19H,7-11H2,1-3H3. The number of halogens is 1. The fourth-order valence-electron chi connectivity index (χ4n) is 2.18. The molecule has 0 bridgehead atoms. The molecule has 0 saturated carbocycles. The highest BCUT2D eigenvalue weighted by atomic mass is 19.1. The van der Waals surface area contributed by atoms with Crippen molar-refractivity contribution in [2.45, 2.75) is 12.6 Å². The number of aliphatic hydroxyl groups is 1. The molecule has 0 spiro atoms. The molecule has 0 amide bonds. The molecule has 0 aromatic heterocycles. The lowest BCUT2D eigenvalue weighted by molar-refractivity contribution is 0.0694. The molecular formula is C15H25FN2O3. The number of methoxy groups -OCH3 is 2. The van der Waals surface area contributed by atoms with Crippen molar-refractivity contribution in [3.8, 4) is 0 Å². The molecule has 1 aromatic carbocycles. The summed E-state index contributed by atoms with van der Waals surface area (Å²) in [5, 5.41) is 13.0. The molecule has 21 heavy (non-hydrogen) atoms. The van der Waals surface area contributed by atoms with Crippen molar-refractivity contribution in [3.63, 3.8) is 0 Å². The summed E-state index contributed by atoms with van der Waals surface area (Å²) < 4.78 is 24.0. The number of aliphatic hydroxyl groups excluding tert-OH is 1. The summed E-state index contributed by atoms with van der Waals surface area (Å²) in [7, 11) is 4.92. The molecule has 0 radical (unpaired) electrons. The maximum atomic E-state index is 14.1. The van der Waals surface area contributed by atoms with Crippen LogP contribution in [0.15, 0.2) is 18.2 Å². The molecule has 0 saturated heterocycles. The maximum Gasteiger partial charge on any atom is 0.146 e. The molecular weight excluding hydrogens is 275 g/mol. The minimum absolute atomic E-state index is 0.222. The van der Waals surface area contributed by atoms with E-state index in [9.17, 15) is 9.50 Å². The Hall–Kier alpha value is -1.21. The molecule has 0 aliphatic rings. The fraction of sp³-hybridized carbons (Fsp3) is 0.600.